The predicted octanol–water partition coefficient (Wildman–Crippen LogP) is 1.56. The fourth-order valence-electron chi connectivity index (χ4n) is 4.51. The first-order valence-electron chi connectivity index (χ1n) is 10.1. The Kier molecular flexibility index (Phi) is 4.28. The second-order valence-corrected chi connectivity index (χ2v) is 8.13. The number of hydrogen-bond acceptors (Lipinski definition) is 5. The van der Waals surface area contributed by atoms with Gasteiger partial charge in [-0.05, 0) is 31.0 Å². The van der Waals surface area contributed by atoms with Crippen LogP contribution in [-0.4, -0.2) is 48.0 Å². The van der Waals surface area contributed by atoms with E-state index >= 15 is 0 Å². The highest BCUT2D eigenvalue weighted by molar-refractivity contribution is 6.05. The molecular weight excluding hydrogens is 396 g/mol. The number of rotatable bonds is 3. The van der Waals surface area contributed by atoms with E-state index in [1.54, 1.807) is 22.0 Å². The van der Waals surface area contributed by atoms with Gasteiger partial charge in [0.1, 0.15) is 6.04 Å². The number of imidazole rings is 1. The van der Waals surface area contributed by atoms with Gasteiger partial charge in [-0.1, -0.05) is 6.07 Å². The van der Waals surface area contributed by atoms with Crippen LogP contribution in [0.1, 0.15) is 34.5 Å². The van der Waals surface area contributed by atoms with Crippen LogP contribution in [-0.2, 0) is 30.2 Å². The average molecular weight is 418 g/mol. The standard InChI is InChI=1S/C22H22N6O3/c1-12-16(10-27(3)25-12)20-19(23-11-26(20)2)13-4-5-15-14(8-13)9-28(22(15)31)17-6-7-18(29)24-21(17)30/h4-5,8,10-11,17H,6-7,9H2,1-3H3,(H,24,29,30). The Hall–Kier alpha value is -3.75. The van der Waals surface area contributed by atoms with Crippen LogP contribution in [0.3, 0.4) is 0 Å². The summed E-state index contributed by atoms with van der Waals surface area (Å²) < 4.78 is 3.74. The summed E-state index contributed by atoms with van der Waals surface area (Å²) in [5, 5.41) is 6.78. The molecule has 9 nitrogen and oxygen atoms in total. The van der Waals surface area contributed by atoms with Gasteiger partial charge in [-0.15, -0.1) is 0 Å². The number of aryl methyl sites for hydroxylation is 3. The molecule has 3 amide bonds. The van der Waals surface area contributed by atoms with Crippen molar-refractivity contribution in [3.8, 4) is 22.5 Å². The lowest BCUT2D eigenvalue weighted by atomic mass is 10.0. The molecule has 1 unspecified atom stereocenters. The van der Waals surface area contributed by atoms with Gasteiger partial charge in [0.05, 0.1) is 23.4 Å². The molecule has 31 heavy (non-hydrogen) atoms. The van der Waals surface area contributed by atoms with Gasteiger partial charge < -0.3 is 9.47 Å². The van der Waals surface area contributed by atoms with E-state index in [2.05, 4.69) is 15.4 Å². The van der Waals surface area contributed by atoms with Crippen molar-refractivity contribution in [2.75, 3.05) is 0 Å². The van der Waals surface area contributed by atoms with Crippen molar-refractivity contribution in [1.82, 2.24) is 29.5 Å². The molecule has 4 heterocycles. The number of nitrogens with zero attached hydrogens (tertiary/aromatic N) is 5. The minimum atomic E-state index is -0.621. The molecule has 5 rings (SSSR count). The molecule has 0 spiro atoms. The van der Waals surface area contributed by atoms with Crippen molar-refractivity contribution in [2.45, 2.75) is 32.4 Å². The van der Waals surface area contributed by atoms with Crippen molar-refractivity contribution in [1.29, 1.82) is 0 Å². The first kappa shape index (κ1) is 19.2. The third-order valence-corrected chi connectivity index (χ3v) is 6.00. The van der Waals surface area contributed by atoms with Gasteiger partial charge in [0.2, 0.25) is 11.8 Å². The van der Waals surface area contributed by atoms with Crippen LogP contribution < -0.4 is 5.32 Å². The van der Waals surface area contributed by atoms with Crippen molar-refractivity contribution in [3.63, 3.8) is 0 Å². The van der Waals surface area contributed by atoms with E-state index in [1.165, 1.54) is 0 Å². The van der Waals surface area contributed by atoms with Gasteiger partial charge in [-0.2, -0.15) is 5.10 Å². The molecule has 0 saturated carbocycles. The van der Waals surface area contributed by atoms with Crippen LogP contribution in [0.25, 0.3) is 22.5 Å². The number of nitrogens with one attached hydrogen (secondary N) is 1. The fourth-order valence-corrected chi connectivity index (χ4v) is 4.51. The first-order chi connectivity index (χ1) is 14.8. The number of imide groups is 1. The van der Waals surface area contributed by atoms with E-state index < -0.39 is 11.9 Å². The highest BCUT2D eigenvalue weighted by Crippen LogP contribution is 2.35. The highest BCUT2D eigenvalue weighted by atomic mass is 16.2. The summed E-state index contributed by atoms with van der Waals surface area (Å²) in [6.07, 6.45) is 4.33. The zero-order valence-electron chi connectivity index (χ0n) is 17.5. The molecule has 1 fully saturated rings. The Bertz CT molecular complexity index is 1250. The molecule has 9 heteroatoms. The number of carbonyl (C=O) groups is 3. The lowest BCUT2D eigenvalue weighted by Crippen LogP contribution is -2.52. The molecule has 0 radical (unpaired) electrons. The molecular formula is C22H22N6O3. The lowest BCUT2D eigenvalue weighted by Gasteiger charge is -2.29. The topological polar surface area (TPSA) is 102 Å². The van der Waals surface area contributed by atoms with Crippen molar-refractivity contribution in [3.05, 3.63) is 47.5 Å². The van der Waals surface area contributed by atoms with Crippen LogP contribution in [0.4, 0.5) is 0 Å². The Balaban J connectivity index is 1.50. The molecule has 3 aromatic rings. The maximum atomic E-state index is 12.9. The molecule has 1 saturated heterocycles. The molecule has 2 aliphatic heterocycles. The molecule has 2 aromatic heterocycles. The van der Waals surface area contributed by atoms with Gasteiger partial charge in [-0.25, -0.2) is 4.98 Å². The molecule has 0 aliphatic carbocycles. The Morgan fingerprint density at radius 2 is 1.94 bits per heavy atom. The average Bonchev–Trinajstić information content (AvgIpc) is 3.36. The summed E-state index contributed by atoms with van der Waals surface area (Å²) in [6, 6.07) is 5.04. The van der Waals surface area contributed by atoms with Gasteiger partial charge >= 0.3 is 0 Å². The number of carbonyl (C=O) groups excluding carboxylic acids is 3. The summed E-state index contributed by atoms with van der Waals surface area (Å²) in [7, 11) is 3.83. The second-order valence-electron chi connectivity index (χ2n) is 8.13. The Labute approximate surface area is 178 Å². The van der Waals surface area contributed by atoms with E-state index in [0.29, 0.717) is 18.5 Å². The predicted molar refractivity (Wildman–Crippen MR) is 112 cm³/mol. The van der Waals surface area contributed by atoms with E-state index in [0.717, 1.165) is 33.8 Å². The zero-order chi connectivity index (χ0) is 21.9. The van der Waals surface area contributed by atoms with E-state index in [-0.39, 0.29) is 18.2 Å². The van der Waals surface area contributed by atoms with Crippen LogP contribution in [0.2, 0.25) is 0 Å². The normalized spacial score (nSPS) is 18.5. The number of aromatic nitrogens is 4. The number of fused-ring (bicyclic) bond motifs is 1. The SMILES string of the molecule is Cc1nn(C)cc1-c1c(-c2ccc3c(c2)CN(C2CCC(=O)NC2=O)C3=O)ncn1C. The summed E-state index contributed by atoms with van der Waals surface area (Å²) >= 11 is 0. The van der Waals surface area contributed by atoms with Crippen LogP contribution >= 0.6 is 0 Å². The second kappa shape index (κ2) is 6.90. The third-order valence-electron chi connectivity index (χ3n) is 6.00. The summed E-state index contributed by atoms with van der Waals surface area (Å²) in [5.41, 5.74) is 6.02. The quantitative estimate of drug-likeness (QED) is 0.651. The number of benzene rings is 1. The third kappa shape index (κ3) is 3.04. The highest BCUT2D eigenvalue weighted by Gasteiger charge is 2.39. The van der Waals surface area contributed by atoms with Gasteiger partial charge in [0.15, 0.2) is 0 Å². The minimum Gasteiger partial charge on any atom is -0.333 e. The molecule has 2 aliphatic rings. The van der Waals surface area contributed by atoms with E-state index in [4.69, 9.17) is 0 Å². The smallest absolute Gasteiger partial charge is 0.255 e. The molecule has 0 bridgehead atoms. The molecule has 1 atom stereocenters. The van der Waals surface area contributed by atoms with Crippen LogP contribution in [0.5, 0.6) is 0 Å². The number of hydrogen-bond donors (Lipinski definition) is 1. The number of amides is 3. The van der Waals surface area contributed by atoms with Crippen LogP contribution in [0.15, 0.2) is 30.7 Å². The molecule has 1 aromatic carbocycles. The summed E-state index contributed by atoms with van der Waals surface area (Å²) in [6.45, 7) is 2.30. The van der Waals surface area contributed by atoms with Crippen LogP contribution in [0, 0.1) is 6.92 Å². The zero-order valence-corrected chi connectivity index (χ0v) is 17.5. The van der Waals surface area contributed by atoms with Gasteiger partial charge in [0, 0.05) is 49.9 Å². The summed E-state index contributed by atoms with van der Waals surface area (Å²) in [5.74, 6) is -0.877. The van der Waals surface area contributed by atoms with Crippen molar-refractivity contribution in [2.24, 2.45) is 14.1 Å². The van der Waals surface area contributed by atoms with Crippen molar-refractivity contribution >= 4 is 17.7 Å². The van der Waals surface area contributed by atoms with E-state index in [9.17, 15) is 14.4 Å². The lowest BCUT2D eigenvalue weighted by molar-refractivity contribution is -0.136. The largest absolute Gasteiger partial charge is 0.333 e. The van der Waals surface area contributed by atoms with Gasteiger partial charge in [-0.3, -0.25) is 24.4 Å². The number of piperidine rings is 1. The summed E-state index contributed by atoms with van der Waals surface area (Å²) in [4.78, 5) is 42.8. The van der Waals surface area contributed by atoms with Crippen molar-refractivity contribution < 1.29 is 14.4 Å². The molecule has 1 N–H and O–H groups in total. The monoisotopic (exact) mass is 418 g/mol. The molecule has 158 valence electrons. The Morgan fingerprint density at radius 3 is 2.65 bits per heavy atom. The maximum absolute atomic E-state index is 12.9. The van der Waals surface area contributed by atoms with E-state index in [1.807, 2.05) is 43.9 Å². The maximum Gasteiger partial charge on any atom is 0.255 e. The first-order valence-corrected chi connectivity index (χ1v) is 10.1. The minimum absolute atomic E-state index is 0.180. The van der Waals surface area contributed by atoms with Gasteiger partial charge in [0.25, 0.3) is 5.91 Å². The fraction of sp³-hybridized carbons (Fsp3) is 0.318. The Morgan fingerprint density at radius 1 is 1.13 bits per heavy atom.